The number of aryl methyl sites for hydroxylation is 1. The number of carbonyl (C=O) groups is 1. The molecular formula is C23H28N2O2. The highest BCUT2D eigenvalue weighted by molar-refractivity contribution is 5.94. The molecule has 2 fully saturated rings. The Bertz CT molecular complexity index is 826. The first-order valence-corrected chi connectivity index (χ1v) is 9.84. The van der Waals surface area contributed by atoms with Crippen molar-refractivity contribution in [3.8, 4) is 5.75 Å². The molecule has 27 heavy (non-hydrogen) atoms. The second kappa shape index (κ2) is 7.01. The Labute approximate surface area is 161 Å². The van der Waals surface area contributed by atoms with E-state index in [4.69, 9.17) is 0 Å². The second-order valence-corrected chi connectivity index (χ2v) is 8.21. The Morgan fingerprint density at radius 2 is 1.81 bits per heavy atom. The molecule has 0 radical (unpaired) electrons. The van der Waals surface area contributed by atoms with Gasteiger partial charge in [0.05, 0.1) is 0 Å². The fraction of sp³-hybridized carbons (Fsp3) is 0.435. The number of piperidine rings is 1. The molecule has 4 nitrogen and oxygen atoms in total. The number of nitrogens with zero attached hydrogens (tertiary/aromatic N) is 2. The smallest absolute Gasteiger partial charge is 0.253 e. The van der Waals surface area contributed by atoms with E-state index in [0.29, 0.717) is 11.5 Å². The van der Waals surface area contributed by atoms with Crippen LogP contribution in [0.15, 0.2) is 48.5 Å². The molecule has 142 valence electrons. The summed E-state index contributed by atoms with van der Waals surface area (Å²) >= 11 is 0. The number of hydrogen-bond donors (Lipinski definition) is 1. The molecule has 2 heterocycles. The van der Waals surface area contributed by atoms with Crippen LogP contribution in [0.25, 0.3) is 0 Å². The lowest BCUT2D eigenvalue weighted by Gasteiger charge is -2.43. The number of likely N-dealkylation sites (tertiary alicyclic amines) is 2. The minimum absolute atomic E-state index is 0.0770. The first-order chi connectivity index (χ1) is 13.0. The summed E-state index contributed by atoms with van der Waals surface area (Å²) in [5.41, 5.74) is 3.06. The van der Waals surface area contributed by atoms with E-state index in [0.717, 1.165) is 38.0 Å². The quantitative estimate of drug-likeness (QED) is 0.882. The zero-order valence-corrected chi connectivity index (χ0v) is 16.2. The normalized spacial score (nSPS) is 22.3. The molecule has 2 aliphatic rings. The van der Waals surface area contributed by atoms with Crippen LogP contribution in [0, 0.1) is 6.92 Å². The Morgan fingerprint density at radius 1 is 1.11 bits per heavy atom. The average Bonchev–Trinajstić information content (AvgIpc) is 3.01. The van der Waals surface area contributed by atoms with Crippen molar-refractivity contribution in [2.24, 2.45) is 0 Å². The van der Waals surface area contributed by atoms with Gasteiger partial charge in [-0.2, -0.15) is 0 Å². The lowest BCUT2D eigenvalue weighted by atomic mass is 9.81. The van der Waals surface area contributed by atoms with Crippen LogP contribution in [0.5, 0.6) is 5.75 Å². The predicted octanol–water partition coefficient (Wildman–Crippen LogP) is 3.79. The van der Waals surface area contributed by atoms with Crippen molar-refractivity contribution in [1.82, 2.24) is 9.80 Å². The Kier molecular flexibility index (Phi) is 4.68. The third-order valence-corrected chi connectivity index (χ3v) is 6.63. The maximum absolute atomic E-state index is 12.9. The summed E-state index contributed by atoms with van der Waals surface area (Å²) in [7, 11) is 2.24. The van der Waals surface area contributed by atoms with Gasteiger partial charge in [-0.15, -0.1) is 0 Å². The maximum atomic E-state index is 12.9. The molecule has 2 aliphatic heterocycles. The topological polar surface area (TPSA) is 43.8 Å². The standard InChI is InChI=1S/C23H28N2O2/c1-17-14-19(8-9-21(17)26)22(27)25-12-10-23(11-13-25)15-20(16-24(23)2)18-6-4-3-5-7-18/h3-9,14,20,26H,10-13,15-16H2,1-2H3. The van der Waals surface area contributed by atoms with Gasteiger partial charge in [0, 0.05) is 30.7 Å². The minimum atomic E-state index is 0.0770. The number of likely N-dealkylation sites (N-methyl/N-ethyl adjacent to an activating group) is 1. The first kappa shape index (κ1) is 18.1. The summed E-state index contributed by atoms with van der Waals surface area (Å²) in [6, 6.07) is 15.9. The van der Waals surface area contributed by atoms with Crippen LogP contribution in [0.4, 0.5) is 0 Å². The van der Waals surface area contributed by atoms with Gasteiger partial charge in [-0.3, -0.25) is 9.69 Å². The number of carbonyl (C=O) groups excluding carboxylic acids is 1. The van der Waals surface area contributed by atoms with Crippen LogP contribution in [-0.2, 0) is 0 Å². The van der Waals surface area contributed by atoms with Crippen LogP contribution in [0.2, 0.25) is 0 Å². The number of phenols is 1. The highest BCUT2D eigenvalue weighted by atomic mass is 16.3. The summed E-state index contributed by atoms with van der Waals surface area (Å²) in [4.78, 5) is 17.4. The average molecular weight is 364 g/mol. The molecule has 1 unspecified atom stereocenters. The van der Waals surface area contributed by atoms with Crippen molar-refractivity contribution < 1.29 is 9.90 Å². The lowest BCUT2D eigenvalue weighted by molar-refractivity contribution is 0.0492. The van der Waals surface area contributed by atoms with Crippen LogP contribution in [-0.4, -0.2) is 53.0 Å². The van der Waals surface area contributed by atoms with Crippen molar-refractivity contribution in [3.63, 3.8) is 0 Å². The highest BCUT2D eigenvalue weighted by Crippen LogP contribution is 2.44. The predicted molar refractivity (Wildman–Crippen MR) is 107 cm³/mol. The molecular weight excluding hydrogens is 336 g/mol. The number of phenolic OH excluding ortho intramolecular Hbond substituents is 1. The summed E-state index contributed by atoms with van der Waals surface area (Å²) in [6.07, 6.45) is 3.22. The Balaban J connectivity index is 1.43. The third kappa shape index (κ3) is 3.34. The van der Waals surface area contributed by atoms with Gasteiger partial charge in [-0.1, -0.05) is 30.3 Å². The largest absolute Gasteiger partial charge is 0.508 e. The van der Waals surface area contributed by atoms with E-state index in [2.05, 4.69) is 42.3 Å². The molecule has 1 amide bonds. The van der Waals surface area contributed by atoms with Gasteiger partial charge in [0.1, 0.15) is 5.75 Å². The summed E-state index contributed by atoms with van der Waals surface area (Å²) in [5.74, 6) is 0.898. The van der Waals surface area contributed by atoms with E-state index < -0.39 is 0 Å². The highest BCUT2D eigenvalue weighted by Gasteiger charge is 2.46. The fourth-order valence-corrected chi connectivity index (χ4v) is 4.83. The summed E-state index contributed by atoms with van der Waals surface area (Å²) in [6.45, 7) is 4.51. The maximum Gasteiger partial charge on any atom is 0.253 e. The van der Waals surface area contributed by atoms with Crippen molar-refractivity contribution in [2.45, 2.75) is 37.6 Å². The van der Waals surface area contributed by atoms with Gasteiger partial charge in [0.25, 0.3) is 5.91 Å². The SMILES string of the molecule is Cc1cc(C(=O)N2CCC3(CC2)CC(c2ccccc2)CN3C)ccc1O. The van der Waals surface area contributed by atoms with Gasteiger partial charge < -0.3 is 10.0 Å². The number of benzene rings is 2. The number of hydrogen-bond acceptors (Lipinski definition) is 3. The van der Waals surface area contributed by atoms with E-state index in [-0.39, 0.29) is 17.2 Å². The van der Waals surface area contributed by atoms with Gasteiger partial charge >= 0.3 is 0 Å². The molecule has 1 atom stereocenters. The molecule has 1 N–H and O–H groups in total. The first-order valence-electron chi connectivity index (χ1n) is 9.84. The zero-order chi connectivity index (χ0) is 19.0. The van der Waals surface area contributed by atoms with Crippen LogP contribution < -0.4 is 0 Å². The van der Waals surface area contributed by atoms with E-state index in [1.165, 1.54) is 12.0 Å². The zero-order valence-electron chi connectivity index (χ0n) is 16.2. The van der Waals surface area contributed by atoms with Gasteiger partial charge in [0.2, 0.25) is 0 Å². The molecule has 0 bridgehead atoms. The van der Waals surface area contributed by atoms with Crippen molar-refractivity contribution in [1.29, 1.82) is 0 Å². The van der Waals surface area contributed by atoms with Crippen LogP contribution in [0.3, 0.4) is 0 Å². The Hall–Kier alpha value is -2.33. The van der Waals surface area contributed by atoms with E-state index in [9.17, 15) is 9.90 Å². The fourth-order valence-electron chi connectivity index (χ4n) is 4.83. The van der Waals surface area contributed by atoms with Crippen molar-refractivity contribution in [2.75, 3.05) is 26.7 Å². The molecule has 2 saturated heterocycles. The van der Waals surface area contributed by atoms with Crippen LogP contribution in [0.1, 0.15) is 46.7 Å². The van der Waals surface area contributed by atoms with Gasteiger partial charge in [-0.05, 0) is 68.5 Å². The van der Waals surface area contributed by atoms with Gasteiger partial charge in [0.15, 0.2) is 0 Å². The molecule has 4 heteroatoms. The van der Waals surface area contributed by atoms with Crippen molar-refractivity contribution in [3.05, 3.63) is 65.2 Å². The molecule has 2 aromatic rings. The molecule has 2 aromatic carbocycles. The Morgan fingerprint density at radius 3 is 2.48 bits per heavy atom. The lowest BCUT2D eigenvalue weighted by Crippen LogP contribution is -2.52. The molecule has 1 spiro atoms. The van der Waals surface area contributed by atoms with E-state index >= 15 is 0 Å². The van der Waals surface area contributed by atoms with Crippen molar-refractivity contribution >= 4 is 5.91 Å². The van der Waals surface area contributed by atoms with E-state index in [1.54, 1.807) is 18.2 Å². The summed E-state index contributed by atoms with van der Waals surface area (Å²) < 4.78 is 0. The number of aromatic hydroxyl groups is 1. The number of amides is 1. The second-order valence-electron chi connectivity index (χ2n) is 8.21. The summed E-state index contributed by atoms with van der Waals surface area (Å²) in [5, 5.41) is 9.69. The third-order valence-electron chi connectivity index (χ3n) is 6.63. The molecule has 4 rings (SSSR count). The molecule has 0 aliphatic carbocycles. The molecule has 0 aromatic heterocycles. The van der Waals surface area contributed by atoms with Gasteiger partial charge in [-0.25, -0.2) is 0 Å². The number of rotatable bonds is 2. The minimum Gasteiger partial charge on any atom is -0.508 e. The van der Waals surface area contributed by atoms with E-state index in [1.807, 2.05) is 11.8 Å². The molecule has 0 saturated carbocycles. The van der Waals surface area contributed by atoms with Crippen LogP contribution >= 0.6 is 0 Å². The monoisotopic (exact) mass is 364 g/mol.